The van der Waals surface area contributed by atoms with Crippen LogP contribution in [0.2, 0.25) is 0 Å². The van der Waals surface area contributed by atoms with Crippen LogP contribution in [-0.2, 0) is 0 Å². The molecule has 0 unspecified atom stereocenters. The average Bonchev–Trinajstić information content (AvgIpc) is 3.17. The van der Waals surface area contributed by atoms with Crippen molar-refractivity contribution >= 4 is 12.0 Å². The number of nitrogens with zero attached hydrogens (tertiary/aromatic N) is 3. The monoisotopic (exact) mass is 368 g/mol. The molecule has 0 saturated heterocycles. The summed E-state index contributed by atoms with van der Waals surface area (Å²) in [5.74, 6) is 0.820. The maximum Gasteiger partial charge on any atom is 0.226 e. The zero-order valence-electron chi connectivity index (χ0n) is 16.3. The maximum absolute atomic E-state index is 4.54. The highest BCUT2D eigenvalue weighted by molar-refractivity contribution is 5.65. The molecule has 0 saturated carbocycles. The van der Waals surface area contributed by atoms with E-state index in [1.165, 1.54) is 39.1 Å². The summed E-state index contributed by atoms with van der Waals surface area (Å²) >= 11 is 0. The number of anilines is 1. The second kappa shape index (κ2) is 6.79. The first-order valence-electron chi connectivity index (χ1n) is 9.93. The van der Waals surface area contributed by atoms with E-state index < -0.39 is 0 Å². The summed E-state index contributed by atoms with van der Waals surface area (Å²) in [6.07, 6.45) is 7.27. The fraction of sp³-hybridized carbons (Fsp3) is 0.250. The molecule has 1 aliphatic carbocycles. The Labute approximate surface area is 165 Å². The smallest absolute Gasteiger partial charge is 0.226 e. The maximum atomic E-state index is 4.54. The van der Waals surface area contributed by atoms with Crippen LogP contribution < -0.4 is 5.32 Å². The van der Waals surface area contributed by atoms with Gasteiger partial charge in [0.25, 0.3) is 0 Å². The minimum absolute atomic E-state index is 0.107. The minimum atomic E-state index is 0.107. The largest absolute Gasteiger partial charge is 0.324 e. The number of aromatic nitrogens is 3. The van der Waals surface area contributed by atoms with E-state index in [4.69, 9.17) is 0 Å². The van der Waals surface area contributed by atoms with Gasteiger partial charge >= 0.3 is 0 Å². The zero-order valence-corrected chi connectivity index (χ0v) is 16.3. The van der Waals surface area contributed by atoms with E-state index in [9.17, 15) is 0 Å². The quantitative estimate of drug-likeness (QED) is 0.656. The molecule has 4 heteroatoms. The fourth-order valence-electron chi connectivity index (χ4n) is 4.25. The van der Waals surface area contributed by atoms with Crippen LogP contribution in [0.1, 0.15) is 47.6 Å². The SMILES string of the molecule is Cc1ccc(/C=C2\CCCC3=C2Nc2ncnn2[C@H]3c2ccc(C)cc2)cc1. The average molecular weight is 368 g/mol. The van der Waals surface area contributed by atoms with Crippen LogP contribution >= 0.6 is 0 Å². The summed E-state index contributed by atoms with van der Waals surface area (Å²) in [4.78, 5) is 4.47. The first kappa shape index (κ1) is 17.0. The molecule has 140 valence electrons. The molecule has 2 aliphatic rings. The predicted molar refractivity (Wildman–Crippen MR) is 113 cm³/mol. The number of rotatable bonds is 2. The third kappa shape index (κ3) is 2.95. The topological polar surface area (TPSA) is 42.7 Å². The Morgan fingerprint density at radius 1 is 0.964 bits per heavy atom. The number of aryl methyl sites for hydroxylation is 2. The van der Waals surface area contributed by atoms with Gasteiger partial charge in [-0.2, -0.15) is 10.1 Å². The molecule has 2 aromatic carbocycles. The van der Waals surface area contributed by atoms with Crippen LogP contribution in [0.3, 0.4) is 0 Å². The second-order valence-electron chi connectivity index (χ2n) is 7.80. The van der Waals surface area contributed by atoms with Crippen LogP contribution in [-0.4, -0.2) is 14.8 Å². The third-order valence-corrected chi connectivity index (χ3v) is 5.73. The van der Waals surface area contributed by atoms with Gasteiger partial charge in [0.1, 0.15) is 12.4 Å². The molecule has 0 fully saturated rings. The van der Waals surface area contributed by atoms with Crippen LogP contribution in [0, 0.1) is 13.8 Å². The van der Waals surface area contributed by atoms with Crippen molar-refractivity contribution in [3.05, 3.63) is 94.0 Å². The number of allylic oxidation sites excluding steroid dienone is 2. The molecule has 1 aromatic heterocycles. The van der Waals surface area contributed by atoms with Gasteiger partial charge in [-0.15, -0.1) is 0 Å². The van der Waals surface area contributed by atoms with E-state index in [2.05, 4.69) is 83.9 Å². The van der Waals surface area contributed by atoms with Crippen LogP contribution in [0.5, 0.6) is 0 Å². The van der Waals surface area contributed by atoms with Gasteiger partial charge in [-0.25, -0.2) is 4.68 Å². The Kier molecular flexibility index (Phi) is 4.12. The molecule has 0 bridgehead atoms. The van der Waals surface area contributed by atoms with Crippen molar-refractivity contribution < 1.29 is 0 Å². The van der Waals surface area contributed by atoms with Crippen molar-refractivity contribution in [3.63, 3.8) is 0 Å². The first-order chi connectivity index (χ1) is 13.7. The lowest BCUT2D eigenvalue weighted by molar-refractivity contribution is 0.538. The number of hydrogen-bond donors (Lipinski definition) is 1. The van der Waals surface area contributed by atoms with E-state index in [0.717, 1.165) is 25.2 Å². The summed E-state index contributed by atoms with van der Waals surface area (Å²) in [7, 11) is 0. The van der Waals surface area contributed by atoms with Gasteiger partial charge in [-0.1, -0.05) is 59.7 Å². The minimum Gasteiger partial charge on any atom is -0.324 e. The Hall–Kier alpha value is -3.14. The van der Waals surface area contributed by atoms with Crippen molar-refractivity contribution in [1.82, 2.24) is 14.8 Å². The highest BCUT2D eigenvalue weighted by Gasteiger charge is 2.33. The van der Waals surface area contributed by atoms with E-state index in [1.54, 1.807) is 6.33 Å². The molecule has 1 atom stereocenters. The summed E-state index contributed by atoms with van der Waals surface area (Å²) < 4.78 is 2.03. The molecule has 28 heavy (non-hydrogen) atoms. The van der Waals surface area contributed by atoms with Gasteiger partial charge in [0, 0.05) is 5.70 Å². The van der Waals surface area contributed by atoms with Gasteiger partial charge < -0.3 is 5.32 Å². The lowest BCUT2D eigenvalue weighted by Crippen LogP contribution is -2.28. The third-order valence-electron chi connectivity index (χ3n) is 5.73. The Morgan fingerprint density at radius 3 is 2.43 bits per heavy atom. The summed E-state index contributed by atoms with van der Waals surface area (Å²) in [6, 6.07) is 17.6. The van der Waals surface area contributed by atoms with Crippen LogP contribution in [0.4, 0.5) is 5.95 Å². The Balaban J connectivity index is 1.63. The Bertz CT molecular complexity index is 1070. The predicted octanol–water partition coefficient (Wildman–Crippen LogP) is 5.43. The molecule has 1 N–H and O–H groups in total. The van der Waals surface area contributed by atoms with E-state index in [0.29, 0.717) is 0 Å². The molecule has 0 radical (unpaired) electrons. The molecule has 0 spiro atoms. The van der Waals surface area contributed by atoms with E-state index in [-0.39, 0.29) is 6.04 Å². The highest BCUT2D eigenvalue weighted by atomic mass is 15.4. The summed E-state index contributed by atoms with van der Waals surface area (Å²) in [6.45, 7) is 4.25. The lowest BCUT2D eigenvalue weighted by Gasteiger charge is -2.34. The summed E-state index contributed by atoms with van der Waals surface area (Å²) in [5.41, 5.74) is 9.07. The van der Waals surface area contributed by atoms with Gasteiger partial charge in [-0.05, 0) is 61.5 Å². The van der Waals surface area contributed by atoms with Gasteiger partial charge in [0.15, 0.2) is 0 Å². The number of fused-ring (bicyclic) bond motifs is 1. The number of benzene rings is 2. The van der Waals surface area contributed by atoms with Crippen molar-refractivity contribution in [3.8, 4) is 0 Å². The molecular weight excluding hydrogens is 344 g/mol. The number of hydrogen-bond acceptors (Lipinski definition) is 3. The van der Waals surface area contributed by atoms with Gasteiger partial charge in [0.05, 0.1) is 0 Å². The summed E-state index contributed by atoms with van der Waals surface area (Å²) in [5, 5.41) is 8.11. The zero-order chi connectivity index (χ0) is 19.1. The fourth-order valence-corrected chi connectivity index (χ4v) is 4.25. The molecule has 1 aliphatic heterocycles. The molecule has 3 aromatic rings. The number of nitrogens with one attached hydrogen (secondary N) is 1. The standard InChI is InChI=1S/C24H24N4/c1-16-6-10-18(11-7-16)14-20-4-3-5-21-22(20)27-24-25-15-26-28(24)23(21)19-12-8-17(2)9-13-19/h6-15,23H,3-5H2,1-2H3,(H,25,26,27)/b20-14+/t23-/m0/s1. The molecule has 4 nitrogen and oxygen atoms in total. The van der Waals surface area contributed by atoms with Crippen molar-refractivity contribution in [1.29, 1.82) is 0 Å². The highest BCUT2D eigenvalue weighted by Crippen LogP contribution is 2.43. The van der Waals surface area contributed by atoms with Crippen LogP contribution in [0.25, 0.3) is 6.08 Å². The molecular formula is C24H24N4. The molecule has 0 amide bonds. The van der Waals surface area contributed by atoms with Crippen LogP contribution in [0.15, 0.2) is 71.7 Å². The van der Waals surface area contributed by atoms with E-state index >= 15 is 0 Å². The van der Waals surface area contributed by atoms with E-state index in [1.807, 2.05) is 4.68 Å². The van der Waals surface area contributed by atoms with Crippen molar-refractivity contribution in [2.24, 2.45) is 0 Å². The van der Waals surface area contributed by atoms with Gasteiger partial charge in [-0.3, -0.25) is 0 Å². The van der Waals surface area contributed by atoms with Gasteiger partial charge in [0.2, 0.25) is 5.95 Å². The second-order valence-corrected chi connectivity index (χ2v) is 7.80. The normalized spacial score (nSPS) is 19.9. The van der Waals surface area contributed by atoms with Crippen molar-refractivity contribution in [2.45, 2.75) is 39.2 Å². The molecule has 2 heterocycles. The first-order valence-corrected chi connectivity index (χ1v) is 9.93. The van der Waals surface area contributed by atoms with Crippen molar-refractivity contribution in [2.75, 3.05) is 5.32 Å². The Morgan fingerprint density at radius 2 is 1.68 bits per heavy atom. The lowest BCUT2D eigenvalue weighted by atomic mass is 9.83. The molecule has 5 rings (SSSR count).